The van der Waals surface area contributed by atoms with Gasteiger partial charge in [0.1, 0.15) is 6.17 Å². The minimum absolute atomic E-state index is 0.0606. The molecule has 2 aliphatic rings. The van der Waals surface area contributed by atoms with Crippen molar-refractivity contribution in [2.75, 3.05) is 0 Å². The van der Waals surface area contributed by atoms with Gasteiger partial charge in [-0.05, 0) is 32.3 Å². The molecular weight excluding hydrogens is 236 g/mol. The molecule has 0 radical (unpaired) electrons. The molecule has 0 spiro atoms. The Morgan fingerprint density at radius 3 is 2.68 bits per heavy atom. The van der Waals surface area contributed by atoms with Gasteiger partial charge < -0.3 is 4.90 Å². The van der Waals surface area contributed by atoms with Crippen LogP contribution < -0.4 is 5.32 Å². The van der Waals surface area contributed by atoms with Crippen LogP contribution in [-0.2, 0) is 4.79 Å². The number of nitrogens with zero attached hydrogens (tertiary/aromatic N) is 1. The number of carbonyl (C=O) groups excluding carboxylic acids is 1. The van der Waals surface area contributed by atoms with Crippen LogP contribution in [0.3, 0.4) is 0 Å². The van der Waals surface area contributed by atoms with Gasteiger partial charge in [0, 0.05) is 6.04 Å². The van der Waals surface area contributed by atoms with E-state index in [-0.39, 0.29) is 18.1 Å². The van der Waals surface area contributed by atoms with Crippen LogP contribution >= 0.6 is 0 Å². The fraction of sp³-hybridized carbons (Fsp3) is 0.562. The van der Waals surface area contributed by atoms with Gasteiger partial charge in [-0.25, -0.2) is 0 Å². The van der Waals surface area contributed by atoms with Gasteiger partial charge in [0.15, 0.2) is 0 Å². The highest BCUT2D eigenvalue weighted by atomic mass is 16.2. The number of benzene rings is 1. The molecule has 1 amide bonds. The third-order valence-corrected chi connectivity index (χ3v) is 4.39. The van der Waals surface area contributed by atoms with Crippen LogP contribution in [-0.4, -0.2) is 22.9 Å². The average Bonchev–Trinajstić information content (AvgIpc) is 2.99. The van der Waals surface area contributed by atoms with Crippen LogP contribution in [0.1, 0.15) is 49.9 Å². The molecule has 2 fully saturated rings. The summed E-state index contributed by atoms with van der Waals surface area (Å²) in [5, 5.41) is 3.45. The molecule has 3 rings (SSSR count). The van der Waals surface area contributed by atoms with Crippen molar-refractivity contribution in [3.63, 3.8) is 0 Å². The Morgan fingerprint density at radius 2 is 2.00 bits per heavy atom. The topological polar surface area (TPSA) is 32.3 Å². The predicted octanol–water partition coefficient (Wildman–Crippen LogP) is 2.76. The largest absolute Gasteiger partial charge is 0.319 e. The molecule has 0 aromatic heterocycles. The lowest BCUT2D eigenvalue weighted by atomic mass is 10.1. The number of nitrogens with one attached hydrogen (secondary N) is 1. The van der Waals surface area contributed by atoms with Crippen molar-refractivity contribution in [2.45, 2.75) is 57.8 Å². The highest BCUT2D eigenvalue weighted by molar-refractivity contribution is 5.84. The number of amides is 1. The van der Waals surface area contributed by atoms with Gasteiger partial charge in [-0.1, -0.05) is 42.7 Å². The first-order valence-electron chi connectivity index (χ1n) is 7.31. The van der Waals surface area contributed by atoms with Crippen molar-refractivity contribution in [1.29, 1.82) is 0 Å². The molecule has 1 saturated heterocycles. The molecule has 102 valence electrons. The molecule has 1 aliphatic carbocycles. The first kappa shape index (κ1) is 12.7. The Balaban J connectivity index is 1.92. The highest BCUT2D eigenvalue weighted by Gasteiger charge is 2.41. The third kappa shape index (κ3) is 2.27. The Morgan fingerprint density at radius 1 is 1.26 bits per heavy atom. The number of aryl methyl sites for hydroxylation is 1. The van der Waals surface area contributed by atoms with Gasteiger partial charge in [-0.15, -0.1) is 0 Å². The van der Waals surface area contributed by atoms with E-state index in [0.29, 0.717) is 6.04 Å². The maximum atomic E-state index is 12.4. The van der Waals surface area contributed by atoms with Crippen LogP contribution in [0.4, 0.5) is 0 Å². The molecule has 1 saturated carbocycles. The number of hydrogen-bond acceptors (Lipinski definition) is 2. The monoisotopic (exact) mass is 258 g/mol. The Bertz CT molecular complexity index is 479. The van der Waals surface area contributed by atoms with E-state index in [2.05, 4.69) is 41.4 Å². The predicted molar refractivity (Wildman–Crippen MR) is 75.6 cm³/mol. The van der Waals surface area contributed by atoms with Gasteiger partial charge in [-0.3, -0.25) is 10.1 Å². The lowest BCUT2D eigenvalue weighted by Crippen LogP contribution is -2.38. The number of hydrogen-bond donors (Lipinski definition) is 1. The summed E-state index contributed by atoms with van der Waals surface area (Å²) in [5.41, 5.74) is 2.46. The summed E-state index contributed by atoms with van der Waals surface area (Å²) >= 11 is 0. The Hall–Kier alpha value is -1.35. The third-order valence-electron chi connectivity index (χ3n) is 4.39. The van der Waals surface area contributed by atoms with Crippen LogP contribution in [0.15, 0.2) is 24.3 Å². The highest BCUT2D eigenvalue weighted by Crippen LogP contribution is 2.34. The summed E-state index contributed by atoms with van der Waals surface area (Å²) in [4.78, 5) is 14.5. The van der Waals surface area contributed by atoms with Gasteiger partial charge in [0.05, 0.1) is 6.04 Å². The van der Waals surface area contributed by atoms with Crippen molar-refractivity contribution < 1.29 is 4.79 Å². The molecule has 1 heterocycles. The summed E-state index contributed by atoms with van der Waals surface area (Å²) in [6, 6.07) is 8.85. The lowest BCUT2D eigenvalue weighted by Gasteiger charge is -2.30. The SMILES string of the molecule is Cc1cccc(C2NC(C)C(=O)N2C2CCCC2)c1. The van der Waals surface area contributed by atoms with Crippen molar-refractivity contribution >= 4 is 5.91 Å². The lowest BCUT2D eigenvalue weighted by molar-refractivity contribution is -0.132. The fourth-order valence-corrected chi connectivity index (χ4v) is 3.41. The van der Waals surface area contributed by atoms with Gasteiger partial charge in [-0.2, -0.15) is 0 Å². The Kier molecular flexibility index (Phi) is 3.31. The summed E-state index contributed by atoms with van der Waals surface area (Å²) in [6.07, 6.45) is 4.88. The molecule has 3 nitrogen and oxygen atoms in total. The Labute approximate surface area is 115 Å². The quantitative estimate of drug-likeness (QED) is 0.884. The summed E-state index contributed by atoms with van der Waals surface area (Å²) in [7, 11) is 0. The molecule has 3 heteroatoms. The maximum Gasteiger partial charge on any atom is 0.241 e. The average molecular weight is 258 g/mol. The van der Waals surface area contributed by atoms with Gasteiger partial charge >= 0.3 is 0 Å². The molecule has 1 aromatic carbocycles. The van der Waals surface area contributed by atoms with Crippen LogP contribution in [0.2, 0.25) is 0 Å². The van der Waals surface area contributed by atoms with Crippen molar-refractivity contribution in [2.24, 2.45) is 0 Å². The summed E-state index contributed by atoms with van der Waals surface area (Å²) in [5.74, 6) is 0.262. The maximum absolute atomic E-state index is 12.4. The first-order valence-corrected chi connectivity index (χ1v) is 7.31. The van der Waals surface area contributed by atoms with E-state index in [9.17, 15) is 4.79 Å². The second-order valence-corrected chi connectivity index (χ2v) is 5.89. The second kappa shape index (κ2) is 4.97. The van der Waals surface area contributed by atoms with Gasteiger partial charge in [0.2, 0.25) is 5.91 Å². The van der Waals surface area contributed by atoms with Gasteiger partial charge in [0.25, 0.3) is 0 Å². The molecule has 0 bridgehead atoms. The van der Waals surface area contributed by atoms with E-state index < -0.39 is 0 Å². The van der Waals surface area contributed by atoms with E-state index in [1.807, 2.05) is 6.92 Å². The van der Waals surface area contributed by atoms with Crippen LogP contribution in [0.5, 0.6) is 0 Å². The zero-order valence-corrected chi connectivity index (χ0v) is 11.7. The minimum Gasteiger partial charge on any atom is -0.319 e. The van der Waals surface area contributed by atoms with Crippen LogP contribution in [0, 0.1) is 6.92 Å². The van der Waals surface area contributed by atoms with Crippen molar-refractivity contribution in [3.05, 3.63) is 35.4 Å². The number of carbonyl (C=O) groups is 1. The standard InChI is InChI=1S/C16H22N2O/c1-11-6-5-7-13(10-11)15-17-12(2)16(19)18(15)14-8-3-4-9-14/h5-7,10,12,14-15,17H,3-4,8-9H2,1-2H3. The first-order chi connectivity index (χ1) is 9.16. The smallest absolute Gasteiger partial charge is 0.241 e. The molecular formula is C16H22N2O. The molecule has 1 N–H and O–H groups in total. The zero-order valence-electron chi connectivity index (χ0n) is 11.7. The van der Waals surface area contributed by atoms with Crippen molar-refractivity contribution in [1.82, 2.24) is 10.2 Å². The van der Waals surface area contributed by atoms with E-state index in [0.717, 1.165) is 12.8 Å². The van der Waals surface area contributed by atoms with E-state index >= 15 is 0 Å². The van der Waals surface area contributed by atoms with E-state index in [1.165, 1.54) is 24.0 Å². The molecule has 1 aliphatic heterocycles. The number of rotatable bonds is 2. The minimum atomic E-state index is -0.0638. The van der Waals surface area contributed by atoms with Crippen molar-refractivity contribution in [3.8, 4) is 0 Å². The molecule has 1 aromatic rings. The van der Waals surface area contributed by atoms with E-state index in [4.69, 9.17) is 0 Å². The van der Waals surface area contributed by atoms with Crippen LogP contribution in [0.25, 0.3) is 0 Å². The fourth-order valence-electron chi connectivity index (χ4n) is 3.41. The zero-order chi connectivity index (χ0) is 13.4. The summed E-state index contributed by atoms with van der Waals surface area (Å²) in [6.45, 7) is 4.07. The normalized spacial score (nSPS) is 28.3. The molecule has 2 unspecified atom stereocenters. The summed E-state index contributed by atoms with van der Waals surface area (Å²) < 4.78 is 0. The molecule has 2 atom stereocenters. The molecule has 19 heavy (non-hydrogen) atoms. The van der Waals surface area contributed by atoms with E-state index in [1.54, 1.807) is 0 Å². The second-order valence-electron chi connectivity index (χ2n) is 5.89.